The molecule has 1 aromatic rings. The summed E-state index contributed by atoms with van der Waals surface area (Å²) >= 11 is 0. The van der Waals surface area contributed by atoms with Crippen LogP contribution in [0.5, 0.6) is 0 Å². The first-order valence-electron chi connectivity index (χ1n) is 7.54. The molecule has 1 unspecified atom stereocenters. The van der Waals surface area contributed by atoms with Gasteiger partial charge in [0.15, 0.2) is 8.32 Å². The SMILES string of the molecule is C[Si]1(C)OCCC[C@H]2C=C[C@@H](c3ccccc3)CC21. The first-order chi connectivity index (χ1) is 9.17. The molecule has 2 heteroatoms. The quantitative estimate of drug-likeness (QED) is 0.530. The van der Waals surface area contributed by atoms with Gasteiger partial charge in [0.1, 0.15) is 0 Å². The monoisotopic (exact) mass is 272 g/mol. The molecule has 1 aromatic carbocycles. The van der Waals surface area contributed by atoms with Gasteiger partial charge in [0.25, 0.3) is 0 Å². The Morgan fingerprint density at radius 2 is 1.89 bits per heavy atom. The fourth-order valence-electron chi connectivity index (χ4n) is 3.74. The highest BCUT2D eigenvalue weighted by molar-refractivity contribution is 6.72. The van der Waals surface area contributed by atoms with E-state index in [1.165, 1.54) is 24.8 Å². The second-order valence-electron chi connectivity index (χ2n) is 6.50. The average Bonchev–Trinajstić information content (AvgIpc) is 2.58. The molecule has 102 valence electrons. The van der Waals surface area contributed by atoms with Crippen molar-refractivity contribution in [2.45, 2.75) is 43.8 Å². The van der Waals surface area contributed by atoms with Crippen LogP contribution in [-0.2, 0) is 4.43 Å². The van der Waals surface area contributed by atoms with E-state index in [9.17, 15) is 0 Å². The van der Waals surface area contributed by atoms with Gasteiger partial charge in [-0.25, -0.2) is 0 Å². The van der Waals surface area contributed by atoms with E-state index in [-0.39, 0.29) is 0 Å². The van der Waals surface area contributed by atoms with E-state index in [0.717, 1.165) is 18.1 Å². The normalized spacial score (nSPS) is 33.5. The van der Waals surface area contributed by atoms with Gasteiger partial charge in [0.2, 0.25) is 0 Å². The predicted molar refractivity (Wildman–Crippen MR) is 82.8 cm³/mol. The maximum absolute atomic E-state index is 6.25. The lowest BCUT2D eigenvalue weighted by atomic mass is 9.82. The molecule has 3 atom stereocenters. The summed E-state index contributed by atoms with van der Waals surface area (Å²) in [4.78, 5) is 0. The molecule has 0 radical (unpaired) electrons. The van der Waals surface area contributed by atoms with Crippen molar-refractivity contribution in [3.63, 3.8) is 0 Å². The van der Waals surface area contributed by atoms with E-state index in [4.69, 9.17) is 4.43 Å². The van der Waals surface area contributed by atoms with E-state index in [0.29, 0.717) is 5.92 Å². The topological polar surface area (TPSA) is 9.23 Å². The van der Waals surface area contributed by atoms with Crippen molar-refractivity contribution in [1.29, 1.82) is 0 Å². The van der Waals surface area contributed by atoms with Crippen molar-refractivity contribution < 1.29 is 4.43 Å². The number of benzene rings is 1. The smallest absolute Gasteiger partial charge is 0.190 e. The Morgan fingerprint density at radius 1 is 1.11 bits per heavy atom. The van der Waals surface area contributed by atoms with Crippen molar-refractivity contribution in [2.24, 2.45) is 5.92 Å². The van der Waals surface area contributed by atoms with Gasteiger partial charge in [-0.1, -0.05) is 42.5 Å². The maximum atomic E-state index is 6.25. The van der Waals surface area contributed by atoms with Crippen molar-refractivity contribution in [3.8, 4) is 0 Å². The number of fused-ring (bicyclic) bond motifs is 1. The lowest BCUT2D eigenvalue weighted by molar-refractivity contribution is 0.305. The second kappa shape index (κ2) is 5.26. The van der Waals surface area contributed by atoms with Gasteiger partial charge >= 0.3 is 0 Å². The lowest BCUT2D eigenvalue weighted by Gasteiger charge is -2.38. The first-order valence-corrected chi connectivity index (χ1v) is 10.5. The summed E-state index contributed by atoms with van der Waals surface area (Å²) in [5, 5.41) is 0. The second-order valence-corrected chi connectivity index (χ2v) is 10.7. The molecule has 1 fully saturated rings. The molecular formula is C17H24OSi. The standard InChI is InChI=1S/C17H24OSi/c1-19(2)17-13-16(14-7-4-3-5-8-14)11-10-15(17)9-6-12-18-19/h3-5,7-8,10-11,15-17H,6,9,12-13H2,1-2H3/t15-,16+,17?/m0/s1. The number of rotatable bonds is 1. The van der Waals surface area contributed by atoms with Gasteiger partial charge in [-0.2, -0.15) is 0 Å². The molecular weight excluding hydrogens is 248 g/mol. The average molecular weight is 272 g/mol. The number of hydrogen-bond donors (Lipinski definition) is 0. The van der Waals surface area contributed by atoms with Gasteiger partial charge in [-0.3, -0.25) is 0 Å². The van der Waals surface area contributed by atoms with Crippen LogP contribution in [0.2, 0.25) is 18.6 Å². The third-order valence-corrected chi connectivity index (χ3v) is 8.29. The Balaban J connectivity index is 1.86. The van der Waals surface area contributed by atoms with Crippen LogP contribution in [0, 0.1) is 5.92 Å². The molecule has 1 saturated heterocycles. The van der Waals surface area contributed by atoms with Crippen LogP contribution < -0.4 is 0 Å². The molecule has 0 amide bonds. The molecule has 1 heterocycles. The molecule has 0 N–H and O–H groups in total. The molecule has 0 spiro atoms. The third kappa shape index (κ3) is 2.70. The third-order valence-electron chi connectivity index (χ3n) is 4.89. The van der Waals surface area contributed by atoms with E-state index >= 15 is 0 Å². The molecule has 0 bridgehead atoms. The van der Waals surface area contributed by atoms with E-state index in [1.54, 1.807) is 0 Å². The Bertz CT molecular complexity index is 452. The van der Waals surface area contributed by atoms with Crippen LogP contribution in [-0.4, -0.2) is 14.9 Å². The summed E-state index contributed by atoms with van der Waals surface area (Å²) in [5.41, 5.74) is 2.25. The van der Waals surface area contributed by atoms with Crippen LogP contribution in [0.3, 0.4) is 0 Å². The lowest BCUT2D eigenvalue weighted by Crippen LogP contribution is -2.40. The van der Waals surface area contributed by atoms with Crippen molar-refractivity contribution in [2.75, 3.05) is 6.61 Å². The minimum Gasteiger partial charge on any atom is -0.417 e. The number of hydrogen-bond acceptors (Lipinski definition) is 1. The van der Waals surface area contributed by atoms with Crippen LogP contribution in [0.15, 0.2) is 42.5 Å². The van der Waals surface area contributed by atoms with E-state index in [2.05, 4.69) is 55.6 Å². The molecule has 0 aromatic heterocycles. The minimum atomic E-state index is -1.53. The zero-order valence-corrected chi connectivity index (χ0v) is 13.0. The van der Waals surface area contributed by atoms with Crippen molar-refractivity contribution in [1.82, 2.24) is 0 Å². The van der Waals surface area contributed by atoms with Crippen molar-refractivity contribution in [3.05, 3.63) is 48.0 Å². The largest absolute Gasteiger partial charge is 0.417 e. The Hall–Kier alpha value is -0.863. The molecule has 19 heavy (non-hydrogen) atoms. The van der Waals surface area contributed by atoms with Crippen LogP contribution in [0.25, 0.3) is 0 Å². The Labute approximate surface area is 117 Å². The molecule has 1 nitrogen and oxygen atoms in total. The van der Waals surface area contributed by atoms with Crippen molar-refractivity contribution >= 4 is 8.32 Å². The van der Waals surface area contributed by atoms with Crippen LogP contribution in [0.4, 0.5) is 0 Å². The van der Waals surface area contributed by atoms with Gasteiger partial charge in [-0.15, -0.1) is 0 Å². The molecule has 0 saturated carbocycles. The first kappa shape index (κ1) is 13.1. The number of allylic oxidation sites excluding steroid dienone is 2. The van der Waals surface area contributed by atoms with Crippen LogP contribution >= 0.6 is 0 Å². The summed E-state index contributed by atoms with van der Waals surface area (Å²) in [5.74, 6) is 1.36. The van der Waals surface area contributed by atoms with Gasteiger partial charge in [-0.05, 0) is 49.4 Å². The fraction of sp³-hybridized carbons (Fsp3) is 0.529. The predicted octanol–water partition coefficient (Wildman–Crippen LogP) is 4.73. The Kier molecular flexibility index (Phi) is 3.63. The zero-order chi connectivity index (χ0) is 13.3. The van der Waals surface area contributed by atoms with Gasteiger partial charge in [0.05, 0.1) is 0 Å². The summed E-state index contributed by atoms with van der Waals surface area (Å²) < 4.78 is 6.25. The summed E-state index contributed by atoms with van der Waals surface area (Å²) in [6, 6.07) is 10.9. The zero-order valence-electron chi connectivity index (χ0n) is 12.0. The van der Waals surface area contributed by atoms with E-state index in [1.807, 2.05) is 0 Å². The maximum Gasteiger partial charge on any atom is 0.190 e. The fourth-order valence-corrected chi connectivity index (χ4v) is 6.76. The van der Waals surface area contributed by atoms with Gasteiger partial charge < -0.3 is 4.43 Å². The highest BCUT2D eigenvalue weighted by atomic mass is 28.4. The molecule has 1 aliphatic carbocycles. The van der Waals surface area contributed by atoms with Gasteiger partial charge in [0, 0.05) is 12.5 Å². The Morgan fingerprint density at radius 3 is 2.68 bits per heavy atom. The molecule has 1 aliphatic heterocycles. The van der Waals surface area contributed by atoms with E-state index < -0.39 is 8.32 Å². The molecule has 3 rings (SSSR count). The highest BCUT2D eigenvalue weighted by Crippen LogP contribution is 2.47. The van der Waals surface area contributed by atoms with Crippen LogP contribution in [0.1, 0.15) is 30.7 Å². The minimum absolute atomic E-state index is 0.593. The summed E-state index contributed by atoms with van der Waals surface area (Å²) in [6.45, 7) is 5.81. The highest BCUT2D eigenvalue weighted by Gasteiger charge is 2.42. The summed E-state index contributed by atoms with van der Waals surface area (Å²) in [7, 11) is -1.53. The summed E-state index contributed by atoms with van der Waals surface area (Å²) in [6.07, 6.45) is 8.78. The molecule has 2 aliphatic rings.